The average Bonchev–Trinajstić information content (AvgIpc) is 3.19. The van der Waals surface area contributed by atoms with Crippen molar-refractivity contribution in [2.24, 2.45) is 17.6 Å². The van der Waals surface area contributed by atoms with Crippen LogP contribution in [0.5, 0.6) is 17.2 Å². The predicted molar refractivity (Wildman–Crippen MR) is 111 cm³/mol. The Kier molecular flexibility index (Phi) is 7.75. The predicted octanol–water partition coefficient (Wildman–Crippen LogP) is 3.76. The summed E-state index contributed by atoms with van der Waals surface area (Å²) in [5, 5.41) is 0. The molecule has 0 radical (unpaired) electrons. The Balaban J connectivity index is 1.68. The molecule has 1 heterocycles. The first kappa shape index (κ1) is 21.4. The van der Waals surface area contributed by atoms with Crippen LogP contribution in [-0.4, -0.2) is 33.5 Å². The van der Waals surface area contributed by atoms with Crippen molar-refractivity contribution in [3.8, 4) is 17.2 Å². The van der Waals surface area contributed by atoms with Gasteiger partial charge in [0.15, 0.2) is 18.3 Å². The van der Waals surface area contributed by atoms with Crippen molar-refractivity contribution in [1.29, 1.82) is 0 Å². The molecule has 1 aliphatic rings. The van der Waals surface area contributed by atoms with E-state index in [9.17, 15) is 0 Å². The molecule has 0 aromatic heterocycles. The standard InChI is InChI=1S/C23H31NO5/c1-4-26-23(24)20(12-18-7-10-21-22(13-18)29-15-28-21)16(2)11-17-5-8-19(9-6-17)27-14-25-3/h5-10,13,16,20,23H,4,11-12,14-15,24H2,1-3H3/t16-,20-,23?/m1/s1. The van der Waals surface area contributed by atoms with Crippen molar-refractivity contribution in [2.45, 2.75) is 32.9 Å². The normalized spacial score (nSPS) is 15.7. The molecule has 6 heteroatoms. The van der Waals surface area contributed by atoms with Gasteiger partial charge < -0.3 is 29.4 Å². The van der Waals surface area contributed by atoms with Crippen molar-refractivity contribution in [1.82, 2.24) is 0 Å². The largest absolute Gasteiger partial charge is 0.468 e. The second-order valence-electron chi connectivity index (χ2n) is 7.35. The lowest BCUT2D eigenvalue weighted by Crippen LogP contribution is -2.38. The number of nitrogens with two attached hydrogens (primary N) is 1. The summed E-state index contributed by atoms with van der Waals surface area (Å²) in [6, 6.07) is 14.2. The summed E-state index contributed by atoms with van der Waals surface area (Å²) in [5.41, 5.74) is 8.82. The molecular formula is C23H31NO5. The van der Waals surface area contributed by atoms with E-state index in [1.54, 1.807) is 7.11 Å². The molecule has 29 heavy (non-hydrogen) atoms. The molecule has 6 nitrogen and oxygen atoms in total. The number of methoxy groups -OCH3 is 1. The zero-order valence-corrected chi connectivity index (χ0v) is 17.4. The highest BCUT2D eigenvalue weighted by molar-refractivity contribution is 5.44. The van der Waals surface area contributed by atoms with Crippen molar-refractivity contribution in [3.63, 3.8) is 0 Å². The lowest BCUT2D eigenvalue weighted by molar-refractivity contribution is 0.00594. The maximum atomic E-state index is 6.41. The quantitative estimate of drug-likeness (QED) is 0.578. The highest BCUT2D eigenvalue weighted by Gasteiger charge is 2.26. The second kappa shape index (κ2) is 10.5. The first-order valence-corrected chi connectivity index (χ1v) is 10.1. The average molecular weight is 402 g/mol. The topological polar surface area (TPSA) is 72.2 Å². The molecule has 0 aliphatic carbocycles. The Morgan fingerprint density at radius 3 is 2.45 bits per heavy atom. The summed E-state index contributed by atoms with van der Waals surface area (Å²) in [6.45, 7) is 5.32. The van der Waals surface area contributed by atoms with E-state index < -0.39 is 0 Å². The number of fused-ring (bicyclic) bond motifs is 1. The van der Waals surface area contributed by atoms with Crippen LogP contribution in [0.25, 0.3) is 0 Å². The summed E-state index contributed by atoms with van der Waals surface area (Å²) in [6.07, 6.45) is 1.39. The molecule has 3 rings (SSSR count). The lowest BCUT2D eigenvalue weighted by Gasteiger charge is -2.29. The minimum absolute atomic E-state index is 0.166. The summed E-state index contributed by atoms with van der Waals surface area (Å²) >= 11 is 0. The van der Waals surface area contributed by atoms with Crippen LogP contribution in [0, 0.1) is 11.8 Å². The Bertz CT molecular complexity index is 764. The zero-order chi connectivity index (χ0) is 20.6. The van der Waals surface area contributed by atoms with Crippen LogP contribution in [-0.2, 0) is 22.3 Å². The Hall–Kier alpha value is -2.28. The molecule has 0 saturated carbocycles. The molecule has 0 bridgehead atoms. The summed E-state index contributed by atoms with van der Waals surface area (Å²) in [4.78, 5) is 0. The van der Waals surface area contributed by atoms with Gasteiger partial charge in [-0.1, -0.05) is 25.1 Å². The van der Waals surface area contributed by atoms with E-state index in [4.69, 9.17) is 29.4 Å². The van der Waals surface area contributed by atoms with Gasteiger partial charge in [-0.05, 0) is 61.1 Å². The molecule has 0 spiro atoms. The highest BCUT2D eigenvalue weighted by Crippen LogP contribution is 2.34. The first-order chi connectivity index (χ1) is 14.1. The molecule has 2 aromatic carbocycles. The molecule has 2 N–H and O–H groups in total. The van der Waals surface area contributed by atoms with E-state index in [1.165, 1.54) is 11.1 Å². The monoisotopic (exact) mass is 401 g/mol. The van der Waals surface area contributed by atoms with Crippen LogP contribution < -0.4 is 19.9 Å². The van der Waals surface area contributed by atoms with Crippen molar-refractivity contribution >= 4 is 0 Å². The van der Waals surface area contributed by atoms with Crippen LogP contribution >= 0.6 is 0 Å². The maximum Gasteiger partial charge on any atom is 0.231 e. The lowest BCUT2D eigenvalue weighted by atomic mass is 9.83. The van der Waals surface area contributed by atoms with Crippen molar-refractivity contribution < 1.29 is 23.7 Å². The van der Waals surface area contributed by atoms with Crippen molar-refractivity contribution in [2.75, 3.05) is 27.3 Å². The fourth-order valence-corrected chi connectivity index (χ4v) is 3.67. The number of rotatable bonds is 11. The molecule has 1 aliphatic heterocycles. The van der Waals surface area contributed by atoms with Gasteiger partial charge in [0.25, 0.3) is 0 Å². The van der Waals surface area contributed by atoms with Crippen LogP contribution in [0.4, 0.5) is 0 Å². The molecule has 3 atom stereocenters. The summed E-state index contributed by atoms with van der Waals surface area (Å²) in [5.74, 6) is 2.88. The Labute approximate surface area is 172 Å². The Morgan fingerprint density at radius 1 is 1.00 bits per heavy atom. The fraction of sp³-hybridized carbons (Fsp3) is 0.478. The van der Waals surface area contributed by atoms with Gasteiger partial charge in [0.1, 0.15) is 12.0 Å². The zero-order valence-electron chi connectivity index (χ0n) is 17.4. The molecular weight excluding hydrogens is 370 g/mol. The number of ether oxygens (including phenoxy) is 5. The third-order valence-corrected chi connectivity index (χ3v) is 5.24. The van der Waals surface area contributed by atoms with E-state index in [1.807, 2.05) is 31.2 Å². The van der Waals surface area contributed by atoms with E-state index >= 15 is 0 Å². The van der Waals surface area contributed by atoms with Gasteiger partial charge in [-0.3, -0.25) is 0 Å². The Morgan fingerprint density at radius 2 is 1.72 bits per heavy atom. The van der Waals surface area contributed by atoms with Gasteiger partial charge in [0.2, 0.25) is 6.79 Å². The molecule has 0 saturated heterocycles. The van der Waals surface area contributed by atoms with Gasteiger partial charge in [0.05, 0.1) is 0 Å². The second-order valence-corrected chi connectivity index (χ2v) is 7.35. The van der Waals surface area contributed by atoms with Gasteiger partial charge in [-0.2, -0.15) is 0 Å². The molecule has 0 fully saturated rings. The van der Waals surface area contributed by atoms with E-state index in [-0.39, 0.29) is 25.7 Å². The molecule has 0 amide bonds. The first-order valence-electron chi connectivity index (χ1n) is 10.1. The van der Waals surface area contributed by atoms with Crippen LogP contribution in [0.3, 0.4) is 0 Å². The SMILES string of the molecule is CCOC(N)[C@H](Cc1ccc2c(c1)OCO2)[C@H](C)Cc1ccc(OCOC)cc1. The summed E-state index contributed by atoms with van der Waals surface area (Å²) in [7, 11) is 1.61. The van der Waals surface area contributed by atoms with Crippen molar-refractivity contribution in [3.05, 3.63) is 53.6 Å². The number of benzene rings is 2. The molecule has 158 valence electrons. The van der Waals surface area contributed by atoms with Gasteiger partial charge in [-0.15, -0.1) is 0 Å². The molecule has 1 unspecified atom stereocenters. The van der Waals surface area contributed by atoms with Crippen LogP contribution in [0.1, 0.15) is 25.0 Å². The summed E-state index contributed by atoms with van der Waals surface area (Å²) < 4.78 is 27.1. The maximum absolute atomic E-state index is 6.41. The van der Waals surface area contributed by atoms with Crippen LogP contribution in [0.15, 0.2) is 42.5 Å². The highest BCUT2D eigenvalue weighted by atomic mass is 16.7. The number of hydrogen-bond acceptors (Lipinski definition) is 6. The smallest absolute Gasteiger partial charge is 0.231 e. The number of hydrogen-bond donors (Lipinski definition) is 1. The minimum atomic E-state index is -0.329. The minimum Gasteiger partial charge on any atom is -0.468 e. The third-order valence-electron chi connectivity index (χ3n) is 5.24. The van der Waals surface area contributed by atoms with E-state index in [0.29, 0.717) is 12.5 Å². The fourth-order valence-electron chi connectivity index (χ4n) is 3.67. The van der Waals surface area contributed by atoms with Gasteiger partial charge in [-0.25, -0.2) is 0 Å². The van der Waals surface area contributed by atoms with Gasteiger partial charge in [0, 0.05) is 19.6 Å². The van der Waals surface area contributed by atoms with E-state index in [0.717, 1.165) is 30.1 Å². The molecule has 2 aromatic rings. The van der Waals surface area contributed by atoms with Gasteiger partial charge >= 0.3 is 0 Å². The third kappa shape index (κ3) is 5.85. The van der Waals surface area contributed by atoms with E-state index in [2.05, 4.69) is 25.1 Å². The van der Waals surface area contributed by atoms with Crippen LogP contribution in [0.2, 0.25) is 0 Å².